The topological polar surface area (TPSA) is 420 Å². The molecule has 0 amide bonds. The molecule has 0 aliphatic carbocycles. The van der Waals surface area contributed by atoms with Crippen LogP contribution in [0, 0.1) is 0 Å². The van der Waals surface area contributed by atoms with E-state index in [0.29, 0.717) is 0 Å². The summed E-state index contributed by atoms with van der Waals surface area (Å²) in [6.07, 6.45) is 0. The molecule has 0 spiro atoms. The van der Waals surface area contributed by atoms with Crippen molar-refractivity contribution in [3.63, 3.8) is 0 Å². The summed E-state index contributed by atoms with van der Waals surface area (Å²) in [4.78, 5) is 34.1. The van der Waals surface area contributed by atoms with Crippen molar-refractivity contribution >= 4 is 84.2 Å². The molecule has 0 fully saturated rings. The van der Waals surface area contributed by atoms with Crippen LogP contribution in [0.1, 0.15) is 0 Å². The maximum absolute atomic E-state index is 14.1. The van der Waals surface area contributed by atoms with Crippen molar-refractivity contribution in [2.24, 2.45) is 0 Å². The van der Waals surface area contributed by atoms with Crippen LogP contribution in [-0.2, 0) is 40.1 Å². The molecule has 80 heavy (non-hydrogen) atoms. The molecule has 5 heterocycles. The number of aliphatic hydroxyl groups excluding tert-OH is 8. The number of hydrogen-bond donors (Lipinski definition) is 10. The number of benzene rings is 4. The molecule has 9 rings (SSSR count). The maximum Gasteiger partial charge on any atom is 0.243 e. The second-order valence-corrected chi connectivity index (χ2v) is 25.6. The zero-order valence-electron chi connectivity index (χ0n) is 42.2. The highest BCUT2D eigenvalue weighted by atomic mass is 32.2. The van der Waals surface area contributed by atoms with Gasteiger partial charge >= 0.3 is 0 Å². The first kappa shape index (κ1) is 58.2. The van der Waals surface area contributed by atoms with E-state index in [4.69, 9.17) is 29.9 Å². The molecular weight excluding hydrogens is 1130 g/mol. The Hall–Kier alpha value is -6.44. The normalized spacial score (nSPS) is 13.2. The molecule has 3 aromatic heterocycles. The molecule has 426 valence electrons. The molecule has 32 heteroatoms. The number of fused-ring (bicyclic) bond motifs is 20. The average Bonchev–Trinajstić information content (AvgIpc) is 4.20. The van der Waals surface area contributed by atoms with Gasteiger partial charge in [-0.15, -0.1) is 0 Å². The van der Waals surface area contributed by atoms with Crippen LogP contribution < -0.4 is 0 Å². The average molecular weight is 1180 g/mol. The minimum Gasteiger partial charge on any atom is -0.395 e. The summed E-state index contributed by atoms with van der Waals surface area (Å²) >= 11 is 0. The van der Waals surface area contributed by atoms with Gasteiger partial charge in [-0.1, -0.05) is 0 Å². The molecule has 0 saturated heterocycles. The van der Waals surface area contributed by atoms with Gasteiger partial charge in [0.2, 0.25) is 40.1 Å². The molecule has 0 saturated carbocycles. The SMILES string of the molecule is O=S(=O)(c1ccc2c(c1)-c1nc-2nc2[nH]c(nc3nc(nc4[nH]c(n1)c1ccc(S(=O)(=O)N(CCO)CCO)cc41)-c1ccc(S(=O)(=O)N(CCO)CCO)cc1-3)c1ccc(S(=O)(=O)N(CCO)CCO)cc21)N(CCO)CCO. The van der Waals surface area contributed by atoms with E-state index in [1.165, 1.54) is 72.8 Å². The summed E-state index contributed by atoms with van der Waals surface area (Å²) in [5.41, 5.74) is 0.420. The van der Waals surface area contributed by atoms with E-state index in [2.05, 4.69) is 9.97 Å². The fraction of sp³-hybridized carbons (Fsp3) is 0.333. The minimum atomic E-state index is -4.42. The molecule has 0 unspecified atom stereocenters. The van der Waals surface area contributed by atoms with Crippen LogP contribution in [0.2, 0.25) is 0 Å². The zero-order chi connectivity index (χ0) is 57.3. The zero-order valence-corrected chi connectivity index (χ0v) is 45.5. The molecular formula is C48H54N12O16S4. The molecule has 2 aliphatic rings. The summed E-state index contributed by atoms with van der Waals surface area (Å²) in [7, 11) is -17.7. The Morgan fingerprint density at radius 2 is 0.537 bits per heavy atom. The Morgan fingerprint density at radius 3 is 0.812 bits per heavy atom. The number of nitrogens with one attached hydrogen (secondary N) is 2. The van der Waals surface area contributed by atoms with Crippen molar-refractivity contribution in [2.75, 3.05) is 105 Å². The lowest BCUT2D eigenvalue weighted by Crippen LogP contribution is -2.35. The van der Waals surface area contributed by atoms with Crippen molar-refractivity contribution in [3.05, 3.63) is 72.8 Å². The van der Waals surface area contributed by atoms with E-state index in [-0.39, 0.29) is 162 Å². The van der Waals surface area contributed by atoms with Crippen molar-refractivity contribution in [1.29, 1.82) is 0 Å². The van der Waals surface area contributed by atoms with Gasteiger partial charge in [0.15, 0.2) is 23.3 Å². The Morgan fingerprint density at radius 1 is 0.300 bits per heavy atom. The Kier molecular flexibility index (Phi) is 17.2. The molecule has 2 aliphatic heterocycles. The van der Waals surface area contributed by atoms with Gasteiger partial charge in [-0.3, -0.25) is 0 Å². The van der Waals surface area contributed by atoms with Gasteiger partial charge in [0.25, 0.3) is 0 Å². The Bertz CT molecular complexity index is 3880. The fourth-order valence-corrected chi connectivity index (χ4v) is 15.0. The molecule has 4 aromatic carbocycles. The van der Waals surface area contributed by atoms with Crippen LogP contribution in [0.3, 0.4) is 0 Å². The number of sulfonamides is 4. The van der Waals surface area contributed by atoms with Gasteiger partial charge in [-0.2, -0.15) is 17.2 Å². The van der Waals surface area contributed by atoms with Gasteiger partial charge < -0.3 is 50.8 Å². The van der Waals surface area contributed by atoms with Crippen molar-refractivity contribution in [2.45, 2.75) is 19.6 Å². The predicted octanol–water partition coefficient (Wildman–Crippen LogP) is -1.23. The lowest BCUT2D eigenvalue weighted by atomic mass is 10.1. The summed E-state index contributed by atoms with van der Waals surface area (Å²) in [5, 5.41) is 78.8. The quantitative estimate of drug-likeness (QED) is 0.0339. The van der Waals surface area contributed by atoms with E-state index >= 15 is 0 Å². The van der Waals surface area contributed by atoms with Gasteiger partial charge in [-0.25, -0.2) is 63.6 Å². The van der Waals surface area contributed by atoms with Gasteiger partial charge in [0, 0.05) is 96.2 Å². The van der Waals surface area contributed by atoms with Crippen LogP contribution in [0.25, 0.3) is 89.7 Å². The monoisotopic (exact) mass is 1180 g/mol. The highest BCUT2D eigenvalue weighted by Gasteiger charge is 2.32. The Balaban J connectivity index is 1.42. The van der Waals surface area contributed by atoms with Gasteiger partial charge in [-0.05, 0) is 72.8 Å². The van der Waals surface area contributed by atoms with E-state index in [9.17, 15) is 74.5 Å². The van der Waals surface area contributed by atoms with Crippen LogP contribution in [0.15, 0.2) is 92.4 Å². The third-order valence-corrected chi connectivity index (χ3v) is 20.6. The highest BCUT2D eigenvalue weighted by molar-refractivity contribution is 7.90. The largest absolute Gasteiger partial charge is 0.395 e. The van der Waals surface area contributed by atoms with Crippen LogP contribution in [-0.4, -0.2) is 237 Å². The van der Waals surface area contributed by atoms with E-state index in [1.54, 1.807) is 0 Å². The number of aromatic nitrogens is 8. The number of nitrogens with zero attached hydrogens (tertiary/aromatic N) is 10. The van der Waals surface area contributed by atoms with Crippen LogP contribution in [0.5, 0.6) is 0 Å². The van der Waals surface area contributed by atoms with Crippen molar-refractivity contribution < 1.29 is 74.5 Å². The molecule has 0 atom stereocenters. The number of hydrogen-bond acceptors (Lipinski definition) is 22. The second kappa shape index (κ2) is 23.6. The summed E-state index contributed by atoms with van der Waals surface area (Å²) < 4.78 is 116. The molecule has 7 aromatic rings. The second-order valence-electron chi connectivity index (χ2n) is 17.8. The minimum absolute atomic E-state index is 0.0152. The van der Waals surface area contributed by atoms with Gasteiger partial charge in [0.05, 0.1) is 72.4 Å². The lowest BCUT2D eigenvalue weighted by molar-refractivity contribution is 0.217. The van der Waals surface area contributed by atoms with E-state index in [1.807, 2.05) is 0 Å². The molecule has 10 N–H and O–H groups in total. The first-order chi connectivity index (χ1) is 38.3. The number of aliphatic hydroxyl groups is 8. The standard InChI is InChI=1S/C48H54N12O16S4/c61-17-9-57(10-18-62)77(69,70)29-1-5-33-37(25-29)45-49-41(33)53-46-38-26-30(78(71,72)58(11-19-63)12-20-64)2-6-34(38)43(50-46)55-48-40-28-32(80(75,76)60(15-23-67)16-24-68)4-8-36(40)44(52-48)56-47-39-27-31(3-7-35(39)42(51-47)54-45)79(73,74)59(13-21-65)14-22-66/h1-8,25-28,61-68H,9-24H2,(H2,49,50,51,52,53,54,55,56). The maximum atomic E-state index is 14.1. The molecule has 0 radical (unpaired) electrons. The Labute approximate surface area is 456 Å². The first-order valence-electron chi connectivity index (χ1n) is 24.6. The summed E-state index contributed by atoms with van der Waals surface area (Å²) in [5.74, 6) is -0.513. The third kappa shape index (κ3) is 10.8. The number of rotatable bonds is 24. The van der Waals surface area contributed by atoms with Crippen LogP contribution in [0.4, 0.5) is 0 Å². The van der Waals surface area contributed by atoms with Crippen molar-refractivity contribution in [3.8, 4) is 45.6 Å². The van der Waals surface area contributed by atoms with Crippen molar-refractivity contribution in [1.82, 2.24) is 57.1 Å². The predicted molar refractivity (Wildman–Crippen MR) is 288 cm³/mol. The van der Waals surface area contributed by atoms with E-state index in [0.717, 1.165) is 17.2 Å². The first-order valence-corrected chi connectivity index (χ1v) is 30.3. The van der Waals surface area contributed by atoms with E-state index < -0.39 is 92.9 Å². The van der Waals surface area contributed by atoms with Crippen LogP contribution >= 0.6 is 0 Å². The molecule has 8 bridgehead atoms. The fourth-order valence-electron chi connectivity index (χ4n) is 9.25. The number of H-pyrrole nitrogens is 2. The van der Waals surface area contributed by atoms with Gasteiger partial charge in [0.1, 0.15) is 22.6 Å². The summed E-state index contributed by atoms with van der Waals surface area (Å²) in [6, 6.07) is 15.7. The third-order valence-electron chi connectivity index (χ3n) is 13.1. The smallest absolute Gasteiger partial charge is 0.243 e. The lowest BCUT2D eigenvalue weighted by Gasteiger charge is -2.20. The summed E-state index contributed by atoms with van der Waals surface area (Å²) in [6.45, 7) is -7.45. The number of aromatic amines is 2. The molecule has 28 nitrogen and oxygen atoms in total. The highest BCUT2D eigenvalue weighted by Crippen LogP contribution is 2.40.